The van der Waals surface area contributed by atoms with E-state index in [1.54, 1.807) is 24.3 Å². The average Bonchev–Trinajstić information content (AvgIpc) is 2.35. The number of halogens is 3. The maximum absolute atomic E-state index is 12.5. The summed E-state index contributed by atoms with van der Waals surface area (Å²) < 4.78 is 37.5. The highest BCUT2D eigenvalue weighted by Gasteiger charge is 2.37. The van der Waals surface area contributed by atoms with Crippen LogP contribution in [0.3, 0.4) is 0 Å². The third kappa shape index (κ3) is 2.29. The summed E-state index contributed by atoms with van der Waals surface area (Å²) in [4.78, 5) is 0. The summed E-state index contributed by atoms with van der Waals surface area (Å²) >= 11 is 0. The van der Waals surface area contributed by atoms with E-state index in [0.717, 1.165) is 5.39 Å². The number of alkyl halides is 3. The molecule has 0 spiro atoms. The molecule has 0 aliphatic heterocycles. The predicted octanol–water partition coefficient (Wildman–Crippen LogP) is 3.27. The van der Waals surface area contributed by atoms with E-state index in [0.29, 0.717) is 10.9 Å². The Balaban J connectivity index is 2.53. The van der Waals surface area contributed by atoms with Crippen LogP contribution in [0.2, 0.25) is 0 Å². The molecule has 2 rings (SSSR count). The molecule has 0 aliphatic carbocycles. The number of hydrogen-bond donors (Lipinski definition) is 1. The van der Waals surface area contributed by atoms with Crippen molar-refractivity contribution in [3.05, 3.63) is 47.5 Å². The van der Waals surface area contributed by atoms with Crippen molar-refractivity contribution in [2.75, 3.05) is 0 Å². The Morgan fingerprint density at radius 2 is 1.72 bits per heavy atom. The van der Waals surface area contributed by atoms with Gasteiger partial charge in [0.05, 0.1) is 11.6 Å². The summed E-state index contributed by atoms with van der Waals surface area (Å²) in [5, 5.41) is 10.1. The van der Waals surface area contributed by atoms with Crippen molar-refractivity contribution in [3.63, 3.8) is 0 Å². The Morgan fingerprint density at radius 3 is 2.33 bits per heavy atom. The van der Waals surface area contributed by atoms with Crippen LogP contribution < -0.4 is 5.73 Å². The smallest absolute Gasteiger partial charge is 0.316 e. The highest BCUT2D eigenvalue weighted by molar-refractivity contribution is 5.84. The molecule has 0 radical (unpaired) electrons. The van der Waals surface area contributed by atoms with Crippen molar-refractivity contribution in [1.29, 1.82) is 5.26 Å². The van der Waals surface area contributed by atoms with Crippen molar-refractivity contribution in [2.45, 2.75) is 12.2 Å². The van der Waals surface area contributed by atoms with Crippen LogP contribution in [0.25, 0.3) is 10.8 Å². The van der Waals surface area contributed by atoms with E-state index in [9.17, 15) is 13.2 Å². The van der Waals surface area contributed by atoms with Gasteiger partial charge in [0, 0.05) is 0 Å². The van der Waals surface area contributed by atoms with Crippen LogP contribution in [0.15, 0.2) is 36.4 Å². The first-order chi connectivity index (χ1) is 8.41. The highest BCUT2D eigenvalue weighted by atomic mass is 19.4. The standard InChI is InChI=1S/C13H9F3N2/c14-13(15,16)12(18)10-4-3-9-2-1-8(7-17)5-11(9)6-10/h1-6,12H,18H2/t12-/m0/s1. The van der Waals surface area contributed by atoms with Gasteiger partial charge >= 0.3 is 6.18 Å². The highest BCUT2D eigenvalue weighted by Crippen LogP contribution is 2.32. The number of rotatable bonds is 1. The summed E-state index contributed by atoms with van der Waals surface area (Å²) in [6.45, 7) is 0. The van der Waals surface area contributed by atoms with Gasteiger partial charge in [-0.15, -0.1) is 0 Å². The first-order valence-corrected chi connectivity index (χ1v) is 5.18. The van der Waals surface area contributed by atoms with Gasteiger partial charge in [-0.1, -0.05) is 18.2 Å². The number of nitriles is 1. The summed E-state index contributed by atoms with van der Waals surface area (Å²) in [7, 11) is 0. The quantitative estimate of drug-likeness (QED) is 0.844. The number of nitrogens with two attached hydrogens (primary N) is 1. The molecule has 0 fully saturated rings. The fourth-order valence-corrected chi connectivity index (χ4v) is 1.72. The lowest BCUT2D eigenvalue weighted by Crippen LogP contribution is -2.28. The Morgan fingerprint density at radius 1 is 1.06 bits per heavy atom. The lowest BCUT2D eigenvalue weighted by atomic mass is 10.0. The SMILES string of the molecule is N#Cc1ccc2ccc([C@H](N)C(F)(F)F)cc2c1. The maximum atomic E-state index is 12.5. The molecule has 1 atom stereocenters. The van der Waals surface area contributed by atoms with Gasteiger partial charge in [0.2, 0.25) is 0 Å². The van der Waals surface area contributed by atoms with Crippen LogP contribution in [-0.4, -0.2) is 6.18 Å². The molecule has 0 unspecified atom stereocenters. The van der Waals surface area contributed by atoms with E-state index >= 15 is 0 Å². The summed E-state index contributed by atoms with van der Waals surface area (Å²) in [6, 6.07) is 9.08. The van der Waals surface area contributed by atoms with Crippen molar-refractivity contribution in [3.8, 4) is 6.07 Å². The van der Waals surface area contributed by atoms with E-state index < -0.39 is 12.2 Å². The molecule has 0 bridgehead atoms. The van der Waals surface area contributed by atoms with Crippen molar-refractivity contribution in [2.24, 2.45) is 5.73 Å². The third-order valence-corrected chi connectivity index (χ3v) is 2.71. The molecule has 18 heavy (non-hydrogen) atoms. The van der Waals surface area contributed by atoms with Crippen molar-refractivity contribution < 1.29 is 13.2 Å². The molecule has 2 nitrogen and oxygen atoms in total. The van der Waals surface area contributed by atoms with Crippen molar-refractivity contribution >= 4 is 10.8 Å². The molecular weight excluding hydrogens is 241 g/mol. The molecule has 2 N–H and O–H groups in total. The zero-order valence-electron chi connectivity index (χ0n) is 9.20. The number of fused-ring (bicyclic) bond motifs is 1. The Labute approximate surface area is 101 Å². The van der Waals surface area contributed by atoms with Gasteiger partial charge in [0.1, 0.15) is 6.04 Å². The molecule has 2 aromatic carbocycles. The molecule has 0 amide bonds. The van der Waals surface area contributed by atoms with E-state index in [4.69, 9.17) is 11.0 Å². The fourth-order valence-electron chi connectivity index (χ4n) is 1.72. The Bertz CT molecular complexity index is 626. The second-order valence-corrected chi connectivity index (χ2v) is 3.95. The molecule has 92 valence electrons. The molecule has 2 aromatic rings. The number of hydrogen-bond acceptors (Lipinski definition) is 2. The first-order valence-electron chi connectivity index (χ1n) is 5.18. The molecule has 0 aliphatic rings. The second kappa shape index (κ2) is 4.31. The van der Waals surface area contributed by atoms with Crippen molar-refractivity contribution in [1.82, 2.24) is 0 Å². The van der Waals surface area contributed by atoms with Gasteiger partial charge in [-0.05, 0) is 34.5 Å². The van der Waals surface area contributed by atoms with E-state index in [-0.39, 0.29) is 5.56 Å². The van der Waals surface area contributed by atoms with Gasteiger partial charge in [-0.2, -0.15) is 18.4 Å². The lowest BCUT2D eigenvalue weighted by Gasteiger charge is -2.16. The van der Waals surface area contributed by atoms with E-state index in [1.165, 1.54) is 12.1 Å². The van der Waals surface area contributed by atoms with Crippen LogP contribution in [0.1, 0.15) is 17.2 Å². The Hall–Kier alpha value is -2.06. The number of nitrogens with zero attached hydrogens (tertiary/aromatic N) is 1. The van der Waals surface area contributed by atoms with Gasteiger partial charge in [-0.3, -0.25) is 0 Å². The maximum Gasteiger partial charge on any atom is 0.407 e. The normalized spacial score (nSPS) is 13.3. The number of benzene rings is 2. The largest absolute Gasteiger partial charge is 0.407 e. The summed E-state index contributed by atoms with van der Waals surface area (Å²) in [6.07, 6.45) is -4.47. The topological polar surface area (TPSA) is 49.8 Å². The van der Waals surface area contributed by atoms with Gasteiger partial charge in [0.15, 0.2) is 0 Å². The lowest BCUT2D eigenvalue weighted by molar-refractivity contribution is -0.149. The van der Waals surface area contributed by atoms with E-state index in [1.807, 2.05) is 6.07 Å². The second-order valence-electron chi connectivity index (χ2n) is 3.95. The summed E-state index contributed by atoms with van der Waals surface area (Å²) in [5.74, 6) is 0. The van der Waals surface area contributed by atoms with Crippen LogP contribution in [0, 0.1) is 11.3 Å². The zero-order valence-corrected chi connectivity index (χ0v) is 9.20. The van der Waals surface area contributed by atoms with Crippen LogP contribution in [0.5, 0.6) is 0 Å². The van der Waals surface area contributed by atoms with E-state index in [2.05, 4.69) is 0 Å². The minimum atomic E-state index is -4.47. The van der Waals surface area contributed by atoms with Crippen LogP contribution in [-0.2, 0) is 0 Å². The molecule has 0 heterocycles. The monoisotopic (exact) mass is 250 g/mol. The van der Waals surface area contributed by atoms with Crippen LogP contribution >= 0.6 is 0 Å². The average molecular weight is 250 g/mol. The minimum absolute atomic E-state index is 0.00918. The zero-order chi connectivity index (χ0) is 13.3. The molecule has 0 saturated carbocycles. The van der Waals surface area contributed by atoms with Gasteiger partial charge < -0.3 is 5.73 Å². The molecule has 0 saturated heterocycles. The molecule has 0 aromatic heterocycles. The van der Waals surface area contributed by atoms with Gasteiger partial charge in [-0.25, -0.2) is 0 Å². The first kappa shape index (κ1) is 12.4. The van der Waals surface area contributed by atoms with Crippen LogP contribution in [0.4, 0.5) is 13.2 Å². The third-order valence-electron chi connectivity index (χ3n) is 2.71. The Kier molecular flexibility index (Phi) is 2.97. The minimum Gasteiger partial charge on any atom is -0.316 e. The molecule has 5 heteroatoms. The predicted molar refractivity (Wildman–Crippen MR) is 61.6 cm³/mol. The fraction of sp³-hybridized carbons (Fsp3) is 0.154. The van der Waals surface area contributed by atoms with Gasteiger partial charge in [0.25, 0.3) is 0 Å². The molecular formula is C13H9F3N2. The summed E-state index contributed by atoms with van der Waals surface area (Å²) in [5.41, 5.74) is 5.54.